The Kier molecular flexibility index (Phi) is 3.92. The number of carbonyl (C=O) groups excluding carboxylic acids is 1. The van der Waals surface area contributed by atoms with Gasteiger partial charge >= 0.3 is 0 Å². The van der Waals surface area contributed by atoms with Crippen LogP contribution < -0.4 is 5.32 Å². The van der Waals surface area contributed by atoms with Crippen molar-refractivity contribution in [3.63, 3.8) is 0 Å². The number of imidazole rings is 1. The lowest BCUT2D eigenvalue weighted by molar-refractivity contribution is -0.115. The summed E-state index contributed by atoms with van der Waals surface area (Å²) in [6.07, 6.45) is 2.20. The van der Waals surface area contributed by atoms with Crippen LogP contribution in [0.1, 0.15) is 25.5 Å². The van der Waals surface area contributed by atoms with E-state index in [4.69, 9.17) is 0 Å². The van der Waals surface area contributed by atoms with Gasteiger partial charge in [-0.25, -0.2) is 4.98 Å². The average Bonchev–Trinajstić information content (AvgIpc) is 2.91. The molecule has 4 heteroatoms. The summed E-state index contributed by atoms with van der Waals surface area (Å²) >= 11 is 0. The van der Waals surface area contributed by atoms with Crippen molar-refractivity contribution >= 4 is 22.6 Å². The van der Waals surface area contributed by atoms with Gasteiger partial charge in [0, 0.05) is 11.7 Å². The zero-order valence-corrected chi connectivity index (χ0v) is 12.8. The molecule has 2 aromatic carbocycles. The Hall–Kier alpha value is -2.62. The van der Waals surface area contributed by atoms with Crippen molar-refractivity contribution in [2.24, 2.45) is 0 Å². The molecule has 0 spiro atoms. The first kappa shape index (κ1) is 14.3. The van der Waals surface area contributed by atoms with Gasteiger partial charge in [-0.3, -0.25) is 4.79 Å². The zero-order valence-electron chi connectivity index (χ0n) is 12.8. The summed E-state index contributed by atoms with van der Waals surface area (Å²) in [6.45, 7) is 4.25. The summed E-state index contributed by atoms with van der Waals surface area (Å²) in [5.41, 5.74) is 3.81. The number of amides is 1. The first-order valence-electron chi connectivity index (χ1n) is 7.44. The average molecular weight is 293 g/mol. The molecule has 3 aromatic rings. The Morgan fingerprint density at radius 1 is 1.18 bits per heavy atom. The van der Waals surface area contributed by atoms with E-state index in [9.17, 15) is 4.79 Å². The molecule has 0 aliphatic rings. The van der Waals surface area contributed by atoms with Gasteiger partial charge in [-0.05, 0) is 43.7 Å². The Labute approximate surface area is 129 Å². The van der Waals surface area contributed by atoms with Gasteiger partial charge in [0.15, 0.2) is 0 Å². The minimum atomic E-state index is -0.0196. The summed E-state index contributed by atoms with van der Waals surface area (Å²) in [6, 6.07) is 15.9. The Balaban J connectivity index is 1.75. The van der Waals surface area contributed by atoms with E-state index in [-0.39, 0.29) is 5.91 Å². The third-order valence-electron chi connectivity index (χ3n) is 3.62. The number of carbonyl (C=O) groups is 1. The molecular weight excluding hydrogens is 274 g/mol. The molecule has 112 valence electrons. The van der Waals surface area contributed by atoms with Crippen LogP contribution in [0.5, 0.6) is 0 Å². The number of nitrogens with zero attached hydrogens (tertiary/aromatic N) is 2. The number of nitrogens with one attached hydrogen (secondary N) is 1. The predicted octanol–water partition coefficient (Wildman–Crippen LogP) is 3.80. The number of aromatic nitrogens is 2. The van der Waals surface area contributed by atoms with Gasteiger partial charge in [0.25, 0.3) is 0 Å². The lowest BCUT2D eigenvalue weighted by Gasteiger charge is -2.08. The molecule has 1 aromatic heterocycles. The molecule has 0 bridgehead atoms. The first-order chi connectivity index (χ1) is 10.6. The van der Waals surface area contributed by atoms with Gasteiger partial charge in [0.2, 0.25) is 5.91 Å². The molecule has 0 radical (unpaired) electrons. The number of hydrogen-bond donors (Lipinski definition) is 1. The van der Waals surface area contributed by atoms with Crippen LogP contribution in [0.15, 0.2) is 54.9 Å². The maximum absolute atomic E-state index is 12.1. The van der Waals surface area contributed by atoms with Gasteiger partial charge in [-0.1, -0.05) is 24.3 Å². The van der Waals surface area contributed by atoms with Gasteiger partial charge in [-0.15, -0.1) is 0 Å². The number of para-hydroxylation sites is 1. The molecule has 0 fully saturated rings. The molecule has 4 nitrogen and oxygen atoms in total. The van der Waals surface area contributed by atoms with Crippen LogP contribution in [-0.2, 0) is 11.2 Å². The zero-order chi connectivity index (χ0) is 15.5. The molecule has 22 heavy (non-hydrogen) atoms. The Morgan fingerprint density at radius 2 is 1.95 bits per heavy atom. The molecule has 0 aliphatic heterocycles. The molecular formula is C18H19N3O. The largest absolute Gasteiger partial charge is 0.328 e. The fourth-order valence-electron chi connectivity index (χ4n) is 2.51. The van der Waals surface area contributed by atoms with E-state index in [1.165, 1.54) is 0 Å². The smallest absolute Gasteiger partial charge is 0.228 e. The molecule has 0 saturated carbocycles. The molecule has 0 saturated heterocycles. The minimum absolute atomic E-state index is 0.0196. The van der Waals surface area contributed by atoms with Crippen molar-refractivity contribution in [3.8, 4) is 0 Å². The van der Waals surface area contributed by atoms with Crippen LogP contribution in [0.4, 0.5) is 5.69 Å². The van der Waals surface area contributed by atoms with Gasteiger partial charge in [-0.2, -0.15) is 0 Å². The van der Waals surface area contributed by atoms with E-state index in [0.717, 1.165) is 22.3 Å². The molecule has 3 rings (SSSR count). The van der Waals surface area contributed by atoms with Crippen molar-refractivity contribution in [3.05, 3.63) is 60.4 Å². The second-order valence-corrected chi connectivity index (χ2v) is 5.66. The van der Waals surface area contributed by atoms with Crippen molar-refractivity contribution in [1.29, 1.82) is 0 Å². The predicted molar refractivity (Wildman–Crippen MR) is 88.9 cm³/mol. The minimum Gasteiger partial charge on any atom is -0.328 e. The topological polar surface area (TPSA) is 46.9 Å². The summed E-state index contributed by atoms with van der Waals surface area (Å²) in [4.78, 5) is 16.5. The van der Waals surface area contributed by atoms with E-state index >= 15 is 0 Å². The summed E-state index contributed by atoms with van der Waals surface area (Å²) < 4.78 is 2.13. The van der Waals surface area contributed by atoms with E-state index in [2.05, 4.69) is 28.7 Å². The third kappa shape index (κ3) is 3.01. The highest BCUT2D eigenvalue weighted by atomic mass is 16.1. The van der Waals surface area contributed by atoms with E-state index in [1.807, 2.05) is 54.9 Å². The molecule has 1 heterocycles. The molecule has 1 amide bonds. The third-order valence-corrected chi connectivity index (χ3v) is 3.62. The van der Waals surface area contributed by atoms with Crippen molar-refractivity contribution in [2.45, 2.75) is 26.3 Å². The monoisotopic (exact) mass is 293 g/mol. The van der Waals surface area contributed by atoms with Gasteiger partial charge in [0.1, 0.15) is 0 Å². The lowest BCUT2D eigenvalue weighted by atomic mass is 10.1. The van der Waals surface area contributed by atoms with Crippen molar-refractivity contribution in [1.82, 2.24) is 9.55 Å². The molecule has 0 aliphatic carbocycles. The molecule has 0 atom stereocenters. The fourth-order valence-corrected chi connectivity index (χ4v) is 2.51. The normalized spacial score (nSPS) is 11.0. The van der Waals surface area contributed by atoms with Crippen LogP contribution in [0.25, 0.3) is 11.0 Å². The van der Waals surface area contributed by atoms with Crippen molar-refractivity contribution in [2.75, 3.05) is 5.32 Å². The fraction of sp³-hybridized carbons (Fsp3) is 0.222. The Morgan fingerprint density at radius 3 is 2.68 bits per heavy atom. The van der Waals surface area contributed by atoms with Crippen LogP contribution in [0.2, 0.25) is 0 Å². The Bertz CT molecular complexity index is 790. The maximum atomic E-state index is 12.1. The highest BCUT2D eigenvalue weighted by Gasteiger charge is 2.08. The van der Waals surface area contributed by atoms with Crippen LogP contribution in [0.3, 0.4) is 0 Å². The standard InChI is InChI=1S/C18H19N3O/c1-13(2)21-12-19-16-10-14(8-9-17(16)21)11-18(22)20-15-6-4-3-5-7-15/h3-10,12-13H,11H2,1-2H3,(H,20,22). The van der Waals surface area contributed by atoms with E-state index in [1.54, 1.807) is 0 Å². The second-order valence-electron chi connectivity index (χ2n) is 5.66. The van der Waals surface area contributed by atoms with Crippen LogP contribution in [0, 0.1) is 0 Å². The van der Waals surface area contributed by atoms with Gasteiger partial charge < -0.3 is 9.88 Å². The van der Waals surface area contributed by atoms with Crippen LogP contribution in [-0.4, -0.2) is 15.5 Å². The van der Waals surface area contributed by atoms with Gasteiger partial charge in [0.05, 0.1) is 23.8 Å². The molecule has 1 N–H and O–H groups in total. The maximum Gasteiger partial charge on any atom is 0.228 e. The first-order valence-corrected chi connectivity index (χ1v) is 7.44. The second kappa shape index (κ2) is 6.02. The highest BCUT2D eigenvalue weighted by molar-refractivity contribution is 5.92. The summed E-state index contributed by atoms with van der Waals surface area (Å²) in [5.74, 6) is -0.0196. The molecule has 0 unspecified atom stereocenters. The SMILES string of the molecule is CC(C)n1cnc2cc(CC(=O)Nc3ccccc3)ccc21. The number of rotatable bonds is 4. The number of anilines is 1. The quantitative estimate of drug-likeness (QED) is 0.795. The van der Waals surface area contributed by atoms with Crippen molar-refractivity contribution < 1.29 is 4.79 Å². The van der Waals surface area contributed by atoms with E-state index < -0.39 is 0 Å². The highest BCUT2D eigenvalue weighted by Crippen LogP contribution is 2.19. The summed E-state index contributed by atoms with van der Waals surface area (Å²) in [7, 11) is 0. The number of hydrogen-bond acceptors (Lipinski definition) is 2. The van der Waals surface area contributed by atoms with E-state index in [0.29, 0.717) is 12.5 Å². The number of benzene rings is 2. The number of fused-ring (bicyclic) bond motifs is 1. The lowest BCUT2D eigenvalue weighted by Crippen LogP contribution is -2.14. The van der Waals surface area contributed by atoms with Crippen LogP contribution >= 0.6 is 0 Å². The summed E-state index contributed by atoms with van der Waals surface area (Å²) in [5, 5.41) is 2.90.